The number of aliphatic hydroxyl groups is 2. The van der Waals surface area contributed by atoms with E-state index in [0.29, 0.717) is 5.92 Å². The van der Waals surface area contributed by atoms with Gasteiger partial charge in [-0.3, -0.25) is 4.98 Å². The van der Waals surface area contributed by atoms with E-state index >= 15 is 0 Å². The summed E-state index contributed by atoms with van der Waals surface area (Å²) in [5, 5.41) is 3.41. The van der Waals surface area contributed by atoms with Crippen molar-refractivity contribution in [3.8, 4) is 0 Å². The Balaban J connectivity index is 0.000000274. The fraction of sp³-hybridized carbons (Fsp3) is 0.429. The van der Waals surface area contributed by atoms with Crippen LogP contribution in [0, 0.1) is 6.42 Å². The Morgan fingerprint density at radius 1 is 1.04 bits per heavy atom. The van der Waals surface area contributed by atoms with Crippen molar-refractivity contribution in [2.24, 2.45) is 0 Å². The van der Waals surface area contributed by atoms with Crippen molar-refractivity contribution in [3.63, 3.8) is 0 Å². The summed E-state index contributed by atoms with van der Waals surface area (Å²) in [5.74, 6) is 0.566. The standard InChI is InChI=1S/C17H19N2.C4H8O.2ClH.Cr/c1-2-9-15(10-3-1)18-13-16-11-6-12-17(19-16)14-7-4-5-8-14;1-2-4-5-3-1;;;/h1-3,6-7,9-12,14,18H,4-5,8,13H2;1-4H2;2*1H;/q-1;;;;+2/p-1. The van der Waals surface area contributed by atoms with Crippen LogP contribution in [0.25, 0.3) is 0 Å². The van der Waals surface area contributed by atoms with Gasteiger partial charge in [-0.15, -0.1) is 5.92 Å². The molecule has 2 heterocycles. The summed E-state index contributed by atoms with van der Waals surface area (Å²) in [7, 11) is 9.65. The number of anilines is 1. The van der Waals surface area contributed by atoms with Crippen LogP contribution in [0.2, 0.25) is 0 Å². The van der Waals surface area contributed by atoms with Crippen LogP contribution in [-0.2, 0) is 19.9 Å². The van der Waals surface area contributed by atoms with E-state index in [2.05, 4.69) is 46.8 Å². The summed E-state index contributed by atoms with van der Waals surface area (Å²) >= 11 is -0.181. The van der Waals surface area contributed by atoms with Crippen LogP contribution in [-0.4, -0.2) is 22.9 Å². The summed E-state index contributed by atoms with van der Waals surface area (Å²) < 4.78 is 4.08. The molecule has 0 bridgehead atoms. The van der Waals surface area contributed by atoms with Gasteiger partial charge in [0.2, 0.25) is 0 Å². The fourth-order valence-electron chi connectivity index (χ4n) is 3.15. The van der Waals surface area contributed by atoms with Crippen LogP contribution in [0.15, 0.2) is 48.5 Å². The molecule has 2 aromatic rings. The van der Waals surface area contributed by atoms with Crippen LogP contribution < -0.4 is 5.32 Å². The molecule has 3 nitrogen and oxygen atoms in total. The van der Waals surface area contributed by atoms with Gasteiger partial charge in [0.25, 0.3) is 0 Å². The molecule has 1 aliphatic carbocycles. The first-order valence-corrected chi connectivity index (χ1v) is 12.9. The molecule has 0 amide bonds. The maximum absolute atomic E-state index is 4.83. The summed E-state index contributed by atoms with van der Waals surface area (Å²) in [6.45, 7) is 3.03. The van der Waals surface area contributed by atoms with Gasteiger partial charge in [0.1, 0.15) is 13.2 Å². The summed E-state index contributed by atoms with van der Waals surface area (Å²) in [5.41, 5.74) is 3.48. The first kappa shape index (κ1) is 22.5. The SMILES string of the molecule is C1CC[OH+]C1.[Cl][Cr][Cl].c1ccc(NCc2cccc(C3[CH-]CCC3)n2)cc1. The monoisotopic (exact) mass is 446 g/mol. The third kappa shape index (κ3) is 9.32. The second-order valence-corrected chi connectivity index (χ2v) is 8.59. The second kappa shape index (κ2) is 14.3. The van der Waals surface area contributed by atoms with Gasteiger partial charge in [0, 0.05) is 24.2 Å². The van der Waals surface area contributed by atoms with Gasteiger partial charge in [-0.2, -0.15) is 6.42 Å². The predicted molar refractivity (Wildman–Crippen MR) is 112 cm³/mol. The Hall–Kier alpha value is -0.758. The number of para-hydroxylation sites is 1. The number of rotatable bonds is 4. The zero-order valence-electron chi connectivity index (χ0n) is 15.5. The van der Waals surface area contributed by atoms with Gasteiger partial charge in [0.05, 0.1) is 12.2 Å². The van der Waals surface area contributed by atoms with E-state index in [1.54, 1.807) is 0 Å². The second-order valence-electron chi connectivity index (χ2n) is 6.48. The van der Waals surface area contributed by atoms with Crippen molar-refractivity contribution in [2.75, 3.05) is 18.5 Å². The molecule has 1 aromatic carbocycles. The molecule has 1 unspecified atom stereocenters. The number of hydrogen-bond acceptors (Lipinski definition) is 2. The molecule has 0 radical (unpaired) electrons. The number of aromatic nitrogens is 1. The first-order chi connectivity index (χ1) is 13.3. The van der Waals surface area contributed by atoms with Gasteiger partial charge in [-0.25, -0.2) is 0 Å². The molecule has 1 aliphatic heterocycles. The predicted octanol–water partition coefficient (Wildman–Crippen LogP) is 5.85. The normalized spacial score (nSPS) is 18.1. The minimum atomic E-state index is -0.181. The molecular weight excluding hydrogens is 419 g/mol. The van der Waals surface area contributed by atoms with Crippen molar-refractivity contribution in [1.29, 1.82) is 0 Å². The van der Waals surface area contributed by atoms with E-state index in [0.717, 1.165) is 31.1 Å². The van der Waals surface area contributed by atoms with E-state index in [9.17, 15) is 0 Å². The maximum atomic E-state index is 4.83. The number of hydrogen-bond donors (Lipinski definition) is 1. The van der Waals surface area contributed by atoms with E-state index < -0.39 is 0 Å². The zero-order valence-corrected chi connectivity index (χ0v) is 18.3. The molecule has 1 saturated carbocycles. The van der Waals surface area contributed by atoms with Crippen molar-refractivity contribution >= 4 is 25.8 Å². The molecule has 148 valence electrons. The van der Waals surface area contributed by atoms with Gasteiger partial charge >= 0.3 is 33.5 Å². The Bertz CT molecular complexity index is 613. The Kier molecular flexibility index (Phi) is 11.9. The molecule has 2 N–H and O–H groups in total. The number of benzene rings is 1. The topological polar surface area (TPSA) is 37.7 Å². The third-order valence-electron chi connectivity index (χ3n) is 4.51. The Morgan fingerprint density at radius 3 is 2.37 bits per heavy atom. The number of pyridine rings is 1. The van der Waals surface area contributed by atoms with Crippen LogP contribution in [0.5, 0.6) is 0 Å². The van der Waals surface area contributed by atoms with Gasteiger partial charge in [-0.05, 0) is 24.3 Å². The molecule has 1 atom stereocenters. The molecule has 1 saturated heterocycles. The fourth-order valence-corrected chi connectivity index (χ4v) is 3.15. The number of ether oxygens (including phenoxy) is 1. The molecule has 1 aromatic heterocycles. The largest absolute Gasteiger partial charge is 0.379 e. The zero-order chi connectivity index (χ0) is 19.2. The molecule has 6 heteroatoms. The summed E-state index contributed by atoms with van der Waals surface area (Å²) in [6, 6.07) is 16.6. The minimum absolute atomic E-state index is 0.181. The summed E-state index contributed by atoms with van der Waals surface area (Å²) in [6.07, 6.45) is 8.86. The van der Waals surface area contributed by atoms with Crippen molar-refractivity contribution in [1.82, 2.24) is 4.98 Å². The van der Waals surface area contributed by atoms with Crippen molar-refractivity contribution in [2.45, 2.75) is 44.6 Å². The van der Waals surface area contributed by atoms with Crippen LogP contribution in [0.4, 0.5) is 5.69 Å². The van der Waals surface area contributed by atoms with Crippen LogP contribution in [0.3, 0.4) is 0 Å². The van der Waals surface area contributed by atoms with Crippen molar-refractivity contribution < 1.29 is 18.1 Å². The van der Waals surface area contributed by atoms with E-state index in [4.69, 9.17) is 25.1 Å². The molecule has 0 spiro atoms. The first-order valence-electron chi connectivity index (χ1n) is 9.44. The quantitative estimate of drug-likeness (QED) is 0.472. The third-order valence-corrected chi connectivity index (χ3v) is 4.51. The molecule has 2 fully saturated rings. The van der Waals surface area contributed by atoms with E-state index in [-0.39, 0.29) is 13.4 Å². The summed E-state index contributed by atoms with van der Waals surface area (Å²) in [4.78, 5) is 4.78. The molecule has 2 aliphatic rings. The molecule has 27 heavy (non-hydrogen) atoms. The maximum Gasteiger partial charge on any atom is 0.0596 e. The molecular formula is C21H28Cl2CrN2O. The van der Waals surface area contributed by atoms with Crippen molar-refractivity contribution in [3.05, 3.63) is 66.3 Å². The van der Waals surface area contributed by atoms with Crippen LogP contribution in [0.1, 0.15) is 49.4 Å². The van der Waals surface area contributed by atoms with Gasteiger partial charge in [-0.1, -0.05) is 37.1 Å². The van der Waals surface area contributed by atoms with Gasteiger partial charge < -0.3 is 16.5 Å². The number of halogens is 2. The number of nitrogens with one attached hydrogen (secondary N) is 1. The minimum Gasteiger partial charge on any atom is -0.379 e. The van der Waals surface area contributed by atoms with Gasteiger partial charge in [0.15, 0.2) is 0 Å². The molecule has 4 rings (SSSR count). The number of nitrogens with zero attached hydrogens (tertiary/aromatic N) is 1. The Labute approximate surface area is 177 Å². The Morgan fingerprint density at radius 2 is 1.78 bits per heavy atom. The average molecular weight is 447 g/mol. The smallest absolute Gasteiger partial charge is 0.0596 e. The van der Waals surface area contributed by atoms with Crippen LogP contribution >= 0.6 is 20.1 Å². The van der Waals surface area contributed by atoms with E-state index in [1.165, 1.54) is 37.8 Å². The average Bonchev–Trinajstić information content (AvgIpc) is 3.45. The van der Waals surface area contributed by atoms with E-state index in [1.807, 2.05) is 18.2 Å².